The third-order valence-corrected chi connectivity index (χ3v) is 4.84. The standard InChI is InChI=1S/C17H19ClN4O4S/c1-10(12-3-6-14(7-4-12)27(19,25)26)20-17(24)22-16-8-5-13(9-15(16)18)21-11(2)23/h3-10H,1-2H3,(H,21,23)(H2,19,25,26)(H2,20,22,24). The molecule has 27 heavy (non-hydrogen) atoms. The summed E-state index contributed by atoms with van der Waals surface area (Å²) >= 11 is 6.11. The second kappa shape index (κ2) is 8.38. The summed E-state index contributed by atoms with van der Waals surface area (Å²) in [6, 6.07) is 9.70. The van der Waals surface area contributed by atoms with Crippen LogP contribution < -0.4 is 21.1 Å². The monoisotopic (exact) mass is 410 g/mol. The number of rotatable bonds is 5. The minimum absolute atomic E-state index is 0.00561. The molecule has 5 N–H and O–H groups in total. The number of nitrogens with one attached hydrogen (secondary N) is 3. The van der Waals surface area contributed by atoms with Crippen molar-refractivity contribution in [1.29, 1.82) is 0 Å². The number of amides is 3. The normalized spacial score (nSPS) is 12.1. The van der Waals surface area contributed by atoms with Crippen LogP contribution in [0.5, 0.6) is 0 Å². The van der Waals surface area contributed by atoms with Crippen molar-refractivity contribution in [3.8, 4) is 0 Å². The van der Waals surface area contributed by atoms with Gasteiger partial charge in [0.25, 0.3) is 0 Å². The Morgan fingerprint density at radius 2 is 1.70 bits per heavy atom. The van der Waals surface area contributed by atoms with E-state index in [1.165, 1.54) is 25.1 Å². The fourth-order valence-electron chi connectivity index (χ4n) is 2.28. The van der Waals surface area contributed by atoms with E-state index in [0.29, 0.717) is 16.9 Å². The lowest BCUT2D eigenvalue weighted by Gasteiger charge is -2.16. The van der Waals surface area contributed by atoms with Gasteiger partial charge < -0.3 is 16.0 Å². The van der Waals surface area contributed by atoms with Crippen LogP contribution in [-0.4, -0.2) is 20.4 Å². The zero-order valence-electron chi connectivity index (χ0n) is 14.6. The largest absolute Gasteiger partial charge is 0.331 e. The van der Waals surface area contributed by atoms with Crippen molar-refractivity contribution in [2.24, 2.45) is 5.14 Å². The lowest BCUT2D eigenvalue weighted by Crippen LogP contribution is -2.31. The molecule has 0 heterocycles. The SMILES string of the molecule is CC(=O)Nc1ccc(NC(=O)NC(C)c2ccc(S(N)(=O)=O)cc2)c(Cl)c1. The number of nitrogens with two attached hydrogens (primary N) is 1. The van der Waals surface area contributed by atoms with Crippen LogP contribution in [-0.2, 0) is 14.8 Å². The van der Waals surface area contributed by atoms with Gasteiger partial charge in [-0.25, -0.2) is 18.4 Å². The van der Waals surface area contributed by atoms with Crippen LogP contribution in [0.4, 0.5) is 16.2 Å². The minimum Gasteiger partial charge on any atom is -0.331 e. The van der Waals surface area contributed by atoms with E-state index >= 15 is 0 Å². The highest BCUT2D eigenvalue weighted by molar-refractivity contribution is 7.89. The maximum Gasteiger partial charge on any atom is 0.319 e. The van der Waals surface area contributed by atoms with Gasteiger partial charge in [-0.05, 0) is 42.8 Å². The Kier molecular flexibility index (Phi) is 6.42. The number of primary sulfonamides is 1. The molecule has 0 bridgehead atoms. The van der Waals surface area contributed by atoms with Crippen molar-refractivity contribution in [3.05, 3.63) is 53.1 Å². The quantitative estimate of drug-likeness (QED) is 0.603. The number of hydrogen-bond acceptors (Lipinski definition) is 4. The highest BCUT2D eigenvalue weighted by atomic mass is 35.5. The molecular formula is C17H19ClN4O4S. The molecule has 0 saturated heterocycles. The van der Waals surface area contributed by atoms with Crippen molar-refractivity contribution in [2.45, 2.75) is 24.8 Å². The summed E-state index contributed by atoms with van der Waals surface area (Å²) < 4.78 is 22.5. The van der Waals surface area contributed by atoms with Gasteiger partial charge >= 0.3 is 6.03 Å². The molecule has 1 unspecified atom stereocenters. The molecule has 2 aromatic carbocycles. The molecule has 0 radical (unpaired) electrons. The van der Waals surface area contributed by atoms with E-state index in [0.717, 1.165) is 0 Å². The van der Waals surface area contributed by atoms with Crippen LogP contribution in [0.2, 0.25) is 5.02 Å². The highest BCUT2D eigenvalue weighted by Crippen LogP contribution is 2.25. The van der Waals surface area contributed by atoms with E-state index in [1.54, 1.807) is 31.2 Å². The van der Waals surface area contributed by atoms with Crippen LogP contribution in [0.1, 0.15) is 25.5 Å². The predicted molar refractivity (Wildman–Crippen MR) is 104 cm³/mol. The van der Waals surface area contributed by atoms with E-state index in [2.05, 4.69) is 16.0 Å². The Hall–Kier alpha value is -2.62. The van der Waals surface area contributed by atoms with Crippen molar-refractivity contribution in [2.75, 3.05) is 10.6 Å². The first-order valence-corrected chi connectivity index (χ1v) is 9.76. The molecule has 0 spiro atoms. The Morgan fingerprint density at radius 1 is 1.07 bits per heavy atom. The van der Waals surface area contributed by atoms with Crippen molar-refractivity contribution >= 4 is 44.9 Å². The lowest BCUT2D eigenvalue weighted by molar-refractivity contribution is -0.114. The Morgan fingerprint density at radius 3 is 2.22 bits per heavy atom. The third kappa shape index (κ3) is 5.95. The maximum absolute atomic E-state index is 12.2. The van der Waals surface area contributed by atoms with Gasteiger partial charge in [0.2, 0.25) is 15.9 Å². The molecule has 1 atom stereocenters. The van der Waals surface area contributed by atoms with Gasteiger partial charge in [-0.15, -0.1) is 0 Å². The zero-order valence-corrected chi connectivity index (χ0v) is 16.2. The van der Waals surface area contributed by atoms with Crippen molar-refractivity contribution in [1.82, 2.24) is 5.32 Å². The number of halogens is 1. The number of carbonyl (C=O) groups is 2. The molecule has 3 amide bonds. The summed E-state index contributed by atoms with van der Waals surface area (Å²) in [6.45, 7) is 3.12. The van der Waals surface area contributed by atoms with E-state index in [1.807, 2.05) is 0 Å². The first kappa shape index (κ1) is 20.7. The molecule has 2 aromatic rings. The zero-order chi connectivity index (χ0) is 20.2. The summed E-state index contributed by atoms with van der Waals surface area (Å²) in [4.78, 5) is 23.2. The summed E-state index contributed by atoms with van der Waals surface area (Å²) in [6.07, 6.45) is 0. The van der Waals surface area contributed by atoms with Gasteiger partial charge in [0.15, 0.2) is 0 Å². The number of hydrogen-bond donors (Lipinski definition) is 4. The van der Waals surface area contributed by atoms with E-state index in [4.69, 9.17) is 16.7 Å². The highest BCUT2D eigenvalue weighted by Gasteiger charge is 2.13. The maximum atomic E-state index is 12.2. The molecule has 0 aliphatic carbocycles. The summed E-state index contributed by atoms with van der Waals surface area (Å²) in [5, 5.41) is 13.2. The van der Waals surface area contributed by atoms with E-state index in [9.17, 15) is 18.0 Å². The van der Waals surface area contributed by atoms with Crippen LogP contribution in [0.25, 0.3) is 0 Å². The van der Waals surface area contributed by atoms with Gasteiger partial charge in [0.1, 0.15) is 0 Å². The molecule has 0 aliphatic rings. The van der Waals surface area contributed by atoms with Crippen LogP contribution in [0, 0.1) is 0 Å². The molecule has 0 saturated carbocycles. The van der Waals surface area contributed by atoms with Crippen LogP contribution in [0.3, 0.4) is 0 Å². The topological polar surface area (TPSA) is 130 Å². The second-order valence-electron chi connectivity index (χ2n) is 5.81. The predicted octanol–water partition coefficient (Wildman–Crippen LogP) is 2.83. The Balaban J connectivity index is 2.01. The molecular weight excluding hydrogens is 392 g/mol. The number of benzene rings is 2. The average Bonchev–Trinajstić information content (AvgIpc) is 2.56. The number of anilines is 2. The molecule has 8 nitrogen and oxygen atoms in total. The Labute approximate surface area is 162 Å². The van der Waals surface area contributed by atoms with Gasteiger partial charge in [0.05, 0.1) is 21.6 Å². The van der Waals surface area contributed by atoms with Gasteiger partial charge in [-0.2, -0.15) is 0 Å². The third-order valence-electron chi connectivity index (χ3n) is 3.59. The molecule has 2 rings (SSSR count). The molecule has 144 valence electrons. The number of carbonyl (C=O) groups excluding carboxylic acids is 2. The summed E-state index contributed by atoms with van der Waals surface area (Å²) in [5.74, 6) is -0.230. The minimum atomic E-state index is -3.77. The fraction of sp³-hybridized carbons (Fsp3) is 0.176. The van der Waals surface area contributed by atoms with Gasteiger partial charge in [-0.3, -0.25) is 4.79 Å². The van der Waals surface area contributed by atoms with Crippen LogP contribution in [0.15, 0.2) is 47.4 Å². The van der Waals surface area contributed by atoms with Crippen molar-refractivity contribution < 1.29 is 18.0 Å². The van der Waals surface area contributed by atoms with Gasteiger partial charge in [-0.1, -0.05) is 23.7 Å². The van der Waals surface area contributed by atoms with E-state index in [-0.39, 0.29) is 15.8 Å². The number of sulfonamides is 1. The van der Waals surface area contributed by atoms with Crippen molar-refractivity contribution in [3.63, 3.8) is 0 Å². The van der Waals surface area contributed by atoms with Gasteiger partial charge in [0, 0.05) is 12.6 Å². The smallest absolute Gasteiger partial charge is 0.319 e. The molecule has 0 aliphatic heterocycles. The first-order valence-electron chi connectivity index (χ1n) is 7.83. The number of urea groups is 1. The Bertz CT molecular complexity index is 961. The summed E-state index contributed by atoms with van der Waals surface area (Å²) in [7, 11) is -3.77. The molecule has 0 aromatic heterocycles. The molecule has 0 fully saturated rings. The first-order chi connectivity index (χ1) is 12.6. The van der Waals surface area contributed by atoms with E-state index < -0.39 is 22.1 Å². The fourth-order valence-corrected chi connectivity index (χ4v) is 3.03. The average molecular weight is 411 g/mol. The summed E-state index contributed by atoms with van der Waals surface area (Å²) in [5.41, 5.74) is 1.59. The molecule has 10 heteroatoms. The lowest BCUT2D eigenvalue weighted by atomic mass is 10.1. The second-order valence-corrected chi connectivity index (χ2v) is 7.78. The van der Waals surface area contributed by atoms with Crippen LogP contribution >= 0.6 is 11.6 Å².